The number of hydrogen-bond acceptors (Lipinski definition) is 4. The molecule has 0 saturated heterocycles. The lowest BCUT2D eigenvalue weighted by atomic mass is 9.95. The minimum atomic E-state index is -3.88. The Labute approximate surface area is 227 Å². The largest absolute Gasteiger partial charge is 0.352 e. The summed E-state index contributed by atoms with van der Waals surface area (Å²) >= 11 is 18.3. The van der Waals surface area contributed by atoms with Crippen LogP contribution in [-0.4, -0.2) is 50.0 Å². The third-order valence-electron chi connectivity index (χ3n) is 6.18. The summed E-state index contributed by atoms with van der Waals surface area (Å²) in [5.74, 6) is -0.836. The molecule has 2 amide bonds. The maximum Gasteiger partial charge on any atom is 0.244 e. The van der Waals surface area contributed by atoms with Crippen molar-refractivity contribution in [3.63, 3.8) is 0 Å². The van der Waals surface area contributed by atoms with E-state index in [2.05, 4.69) is 5.32 Å². The van der Waals surface area contributed by atoms with Crippen LogP contribution in [0.3, 0.4) is 0 Å². The monoisotopic (exact) mass is 573 g/mol. The van der Waals surface area contributed by atoms with E-state index in [4.69, 9.17) is 34.8 Å². The van der Waals surface area contributed by atoms with Gasteiger partial charge in [-0.25, -0.2) is 8.42 Å². The maximum absolute atomic E-state index is 13.6. The summed E-state index contributed by atoms with van der Waals surface area (Å²) in [6, 6.07) is 10.5. The molecule has 1 unspecified atom stereocenters. The predicted octanol–water partition coefficient (Wildman–Crippen LogP) is 5.28. The second-order valence-corrected chi connectivity index (χ2v) is 12.3. The predicted molar refractivity (Wildman–Crippen MR) is 145 cm³/mol. The molecule has 3 rings (SSSR count). The van der Waals surface area contributed by atoms with E-state index in [-0.39, 0.29) is 34.2 Å². The zero-order valence-corrected chi connectivity index (χ0v) is 23.3. The minimum absolute atomic E-state index is 0.0675. The molecule has 1 fully saturated rings. The first-order chi connectivity index (χ1) is 16.9. The molecule has 1 atom stereocenters. The zero-order chi connectivity index (χ0) is 26.5. The molecule has 0 bridgehead atoms. The Bertz CT molecular complexity index is 1180. The summed E-state index contributed by atoms with van der Waals surface area (Å²) in [7, 11) is -3.88. The normalized spacial score (nSPS) is 15.2. The molecular formula is C25H30Cl3N3O4S. The molecule has 0 radical (unpaired) electrons. The molecule has 7 nitrogen and oxygen atoms in total. The number of nitrogens with zero attached hydrogens (tertiary/aromatic N) is 2. The lowest BCUT2D eigenvalue weighted by molar-refractivity contribution is -0.139. The first-order valence-corrected chi connectivity index (χ1v) is 14.7. The molecule has 1 aliphatic rings. The fraction of sp³-hybridized carbons (Fsp3) is 0.440. The number of sulfonamides is 1. The SMILES string of the molecule is CC(C(=O)NC1CCCCC1)N(Cc1cccc(Cl)c1)C(=O)CN(c1cc(Cl)cc(Cl)c1)S(C)(=O)=O. The van der Waals surface area contributed by atoms with Crippen LogP contribution in [0.4, 0.5) is 5.69 Å². The van der Waals surface area contributed by atoms with Crippen molar-refractivity contribution >= 4 is 62.3 Å². The van der Waals surface area contributed by atoms with E-state index in [1.54, 1.807) is 31.2 Å². The molecule has 0 heterocycles. The van der Waals surface area contributed by atoms with Crippen LogP contribution < -0.4 is 9.62 Å². The van der Waals surface area contributed by atoms with Crippen LogP contribution in [0.1, 0.15) is 44.6 Å². The summed E-state index contributed by atoms with van der Waals surface area (Å²) in [4.78, 5) is 28.1. The van der Waals surface area contributed by atoms with Gasteiger partial charge in [0.05, 0.1) is 11.9 Å². The Kier molecular flexibility index (Phi) is 9.92. The Morgan fingerprint density at radius 2 is 1.64 bits per heavy atom. The average Bonchev–Trinajstić information content (AvgIpc) is 2.79. The molecule has 1 N–H and O–H groups in total. The molecule has 0 aromatic heterocycles. The number of carbonyl (C=O) groups excluding carboxylic acids is 2. The van der Waals surface area contributed by atoms with Crippen molar-refractivity contribution in [3.8, 4) is 0 Å². The molecular weight excluding hydrogens is 545 g/mol. The van der Waals surface area contributed by atoms with E-state index in [1.165, 1.54) is 23.1 Å². The van der Waals surface area contributed by atoms with Gasteiger partial charge in [0.1, 0.15) is 12.6 Å². The number of carbonyl (C=O) groups is 2. The fourth-order valence-electron chi connectivity index (χ4n) is 4.28. The fourth-order valence-corrected chi connectivity index (χ4v) is 5.84. The van der Waals surface area contributed by atoms with E-state index in [0.29, 0.717) is 10.6 Å². The Morgan fingerprint density at radius 1 is 1.00 bits per heavy atom. The van der Waals surface area contributed by atoms with Crippen molar-refractivity contribution in [2.75, 3.05) is 17.1 Å². The molecule has 1 saturated carbocycles. The number of amides is 2. The zero-order valence-electron chi connectivity index (χ0n) is 20.2. The summed E-state index contributed by atoms with van der Waals surface area (Å²) in [5, 5.41) is 4.01. The molecule has 2 aromatic rings. The van der Waals surface area contributed by atoms with Gasteiger partial charge in [0.2, 0.25) is 21.8 Å². The first-order valence-electron chi connectivity index (χ1n) is 11.7. The van der Waals surface area contributed by atoms with Gasteiger partial charge in [0, 0.05) is 27.7 Å². The van der Waals surface area contributed by atoms with Gasteiger partial charge in [-0.3, -0.25) is 13.9 Å². The first kappa shape index (κ1) is 28.6. The molecule has 196 valence electrons. The number of halogens is 3. The van der Waals surface area contributed by atoms with Crippen molar-refractivity contribution in [3.05, 3.63) is 63.1 Å². The number of anilines is 1. The van der Waals surface area contributed by atoms with Crippen LogP contribution >= 0.6 is 34.8 Å². The highest BCUT2D eigenvalue weighted by atomic mass is 35.5. The average molecular weight is 575 g/mol. The van der Waals surface area contributed by atoms with Crippen LogP contribution in [0.15, 0.2) is 42.5 Å². The topological polar surface area (TPSA) is 86.8 Å². The summed E-state index contributed by atoms with van der Waals surface area (Å²) < 4.78 is 26.2. The highest BCUT2D eigenvalue weighted by molar-refractivity contribution is 7.92. The molecule has 1 aliphatic carbocycles. The van der Waals surface area contributed by atoms with Gasteiger partial charge in [-0.05, 0) is 55.7 Å². The molecule has 36 heavy (non-hydrogen) atoms. The quantitative estimate of drug-likeness (QED) is 0.442. The lowest BCUT2D eigenvalue weighted by Gasteiger charge is -2.33. The summed E-state index contributed by atoms with van der Waals surface area (Å²) in [6.07, 6.45) is 6.05. The number of rotatable bonds is 9. The Balaban J connectivity index is 1.89. The van der Waals surface area contributed by atoms with Gasteiger partial charge in [-0.15, -0.1) is 0 Å². The highest BCUT2D eigenvalue weighted by Crippen LogP contribution is 2.27. The number of nitrogens with one attached hydrogen (secondary N) is 1. The van der Waals surface area contributed by atoms with Crippen molar-refractivity contribution < 1.29 is 18.0 Å². The molecule has 11 heteroatoms. The second kappa shape index (κ2) is 12.5. The Hall–Kier alpha value is -2.00. The standard InChI is InChI=1S/C25H30Cl3N3O4S/c1-17(25(33)29-22-9-4-3-5-10-22)30(15-18-7-6-8-19(26)11-18)24(32)16-31(36(2,34)35)23-13-20(27)12-21(28)14-23/h6-8,11-14,17,22H,3-5,9-10,15-16H2,1-2H3,(H,29,33). The lowest BCUT2D eigenvalue weighted by Crippen LogP contribution is -2.52. The molecule has 2 aromatic carbocycles. The van der Waals surface area contributed by atoms with Crippen molar-refractivity contribution in [1.29, 1.82) is 0 Å². The number of hydrogen-bond donors (Lipinski definition) is 1. The van der Waals surface area contributed by atoms with Gasteiger partial charge < -0.3 is 10.2 Å². The minimum Gasteiger partial charge on any atom is -0.352 e. The van der Waals surface area contributed by atoms with E-state index in [9.17, 15) is 18.0 Å². The van der Waals surface area contributed by atoms with Crippen LogP contribution in [0.5, 0.6) is 0 Å². The third kappa shape index (κ3) is 8.00. The third-order valence-corrected chi connectivity index (χ3v) is 7.99. The summed E-state index contributed by atoms with van der Waals surface area (Å²) in [5.41, 5.74) is 0.871. The highest BCUT2D eigenvalue weighted by Gasteiger charge is 2.31. The van der Waals surface area contributed by atoms with Crippen LogP contribution in [-0.2, 0) is 26.2 Å². The molecule has 0 aliphatic heterocycles. The van der Waals surface area contributed by atoms with Gasteiger partial charge in [-0.1, -0.05) is 66.2 Å². The number of benzene rings is 2. The van der Waals surface area contributed by atoms with E-state index in [1.807, 2.05) is 0 Å². The van der Waals surface area contributed by atoms with Crippen LogP contribution in [0.2, 0.25) is 15.1 Å². The van der Waals surface area contributed by atoms with E-state index < -0.39 is 28.5 Å². The smallest absolute Gasteiger partial charge is 0.244 e. The van der Waals surface area contributed by atoms with Crippen molar-refractivity contribution in [2.45, 2.75) is 57.7 Å². The van der Waals surface area contributed by atoms with Crippen molar-refractivity contribution in [1.82, 2.24) is 10.2 Å². The van der Waals surface area contributed by atoms with Gasteiger partial charge in [-0.2, -0.15) is 0 Å². The van der Waals surface area contributed by atoms with E-state index in [0.717, 1.165) is 42.7 Å². The van der Waals surface area contributed by atoms with Gasteiger partial charge in [0.25, 0.3) is 0 Å². The summed E-state index contributed by atoms with van der Waals surface area (Å²) in [6.45, 7) is 1.19. The second-order valence-electron chi connectivity index (χ2n) is 9.07. The van der Waals surface area contributed by atoms with Crippen molar-refractivity contribution in [2.24, 2.45) is 0 Å². The van der Waals surface area contributed by atoms with Gasteiger partial charge >= 0.3 is 0 Å². The molecule has 0 spiro atoms. The van der Waals surface area contributed by atoms with Gasteiger partial charge in [0.15, 0.2) is 0 Å². The van der Waals surface area contributed by atoms with Crippen LogP contribution in [0.25, 0.3) is 0 Å². The maximum atomic E-state index is 13.6. The van der Waals surface area contributed by atoms with Crippen LogP contribution in [0, 0.1) is 0 Å². The van der Waals surface area contributed by atoms with E-state index >= 15 is 0 Å². The Morgan fingerprint density at radius 3 is 2.22 bits per heavy atom.